The van der Waals surface area contributed by atoms with E-state index in [1.165, 1.54) is 11.0 Å². The molecule has 0 bridgehead atoms. The molecule has 2 aromatic rings. The summed E-state index contributed by atoms with van der Waals surface area (Å²) in [6.07, 6.45) is 2.33. The number of anilines is 1. The number of carbonyl (C=O) groups is 2. The van der Waals surface area contributed by atoms with Crippen LogP contribution in [0.1, 0.15) is 24.0 Å². The molecule has 1 aromatic heterocycles. The minimum atomic E-state index is -0.527. The molecular formula is C18H16N2O3S. The van der Waals surface area contributed by atoms with E-state index < -0.39 is 11.8 Å². The van der Waals surface area contributed by atoms with Crippen molar-refractivity contribution in [3.8, 4) is 0 Å². The Morgan fingerprint density at radius 2 is 1.88 bits per heavy atom. The molecule has 2 heterocycles. The van der Waals surface area contributed by atoms with Crippen molar-refractivity contribution in [3.63, 3.8) is 0 Å². The van der Waals surface area contributed by atoms with Crippen LogP contribution in [0.4, 0.5) is 5.69 Å². The van der Waals surface area contributed by atoms with Crippen LogP contribution in [0.3, 0.4) is 0 Å². The molecule has 24 heavy (non-hydrogen) atoms. The lowest BCUT2D eigenvalue weighted by Gasteiger charge is -2.28. The van der Waals surface area contributed by atoms with Gasteiger partial charge in [-0.2, -0.15) is 0 Å². The first-order chi connectivity index (χ1) is 11.5. The molecule has 6 heteroatoms. The van der Waals surface area contributed by atoms with E-state index in [0.29, 0.717) is 17.2 Å². The Hall–Kier alpha value is -2.73. The number of nitrogens with zero attached hydrogens (tertiary/aromatic N) is 1. The van der Waals surface area contributed by atoms with E-state index in [-0.39, 0.29) is 10.7 Å². The van der Waals surface area contributed by atoms with Gasteiger partial charge in [-0.15, -0.1) is 0 Å². The highest BCUT2D eigenvalue weighted by atomic mass is 32.1. The summed E-state index contributed by atoms with van der Waals surface area (Å²) in [6, 6.07) is 11.0. The average Bonchev–Trinajstić information content (AvgIpc) is 2.97. The molecule has 2 amide bonds. The first-order valence-electron chi connectivity index (χ1n) is 7.56. The Morgan fingerprint density at radius 1 is 1.17 bits per heavy atom. The van der Waals surface area contributed by atoms with Crippen LogP contribution in [0.15, 0.2) is 46.4 Å². The molecule has 3 rings (SSSR count). The molecular weight excluding hydrogens is 324 g/mol. The summed E-state index contributed by atoms with van der Waals surface area (Å²) in [5, 5.41) is 2.62. The van der Waals surface area contributed by atoms with Gasteiger partial charge in [-0.25, -0.2) is 0 Å². The molecule has 0 radical (unpaired) electrons. The highest BCUT2D eigenvalue weighted by Crippen LogP contribution is 2.23. The van der Waals surface area contributed by atoms with E-state index in [4.69, 9.17) is 16.6 Å². The van der Waals surface area contributed by atoms with Crippen molar-refractivity contribution in [1.29, 1.82) is 0 Å². The number of benzene rings is 1. The maximum absolute atomic E-state index is 12.8. The zero-order valence-corrected chi connectivity index (χ0v) is 14.1. The van der Waals surface area contributed by atoms with Crippen molar-refractivity contribution in [2.45, 2.75) is 20.3 Å². The molecule has 0 unspecified atom stereocenters. The molecule has 0 spiro atoms. The fourth-order valence-electron chi connectivity index (χ4n) is 2.45. The standard InChI is InChI=1S/C18H16N2O3S/c1-3-12-5-7-13(8-6-12)20-17(22)15(16(21)19-18(20)24)10-14-9-4-11(2)23-14/h4-10H,3H2,1-2H3,(H,19,21,24)/b15-10+. The summed E-state index contributed by atoms with van der Waals surface area (Å²) in [4.78, 5) is 26.2. The Kier molecular flexibility index (Phi) is 4.31. The molecule has 0 saturated carbocycles. The summed E-state index contributed by atoms with van der Waals surface area (Å²) in [5.41, 5.74) is 1.75. The number of thiocarbonyl (C=S) groups is 1. The minimum absolute atomic E-state index is 0.0162. The van der Waals surface area contributed by atoms with Crippen LogP contribution in [0, 0.1) is 6.92 Å². The molecule has 1 aliphatic rings. The zero-order chi connectivity index (χ0) is 17.3. The van der Waals surface area contributed by atoms with Crippen molar-refractivity contribution in [3.05, 3.63) is 59.1 Å². The van der Waals surface area contributed by atoms with Crippen molar-refractivity contribution in [2.24, 2.45) is 0 Å². The average molecular weight is 340 g/mol. The van der Waals surface area contributed by atoms with E-state index >= 15 is 0 Å². The summed E-state index contributed by atoms with van der Waals surface area (Å²) in [5.74, 6) is 0.149. The Labute approximate surface area is 144 Å². The lowest BCUT2D eigenvalue weighted by molar-refractivity contribution is -0.122. The van der Waals surface area contributed by atoms with Crippen molar-refractivity contribution in [2.75, 3.05) is 4.90 Å². The Balaban J connectivity index is 1.97. The van der Waals surface area contributed by atoms with Crippen LogP contribution < -0.4 is 10.2 Å². The second-order valence-electron chi connectivity index (χ2n) is 5.43. The van der Waals surface area contributed by atoms with Crippen molar-refractivity contribution in [1.82, 2.24) is 5.32 Å². The van der Waals surface area contributed by atoms with Crippen molar-refractivity contribution < 1.29 is 14.0 Å². The van der Waals surface area contributed by atoms with Gasteiger partial charge in [0.2, 0.25) is 0 Å². The molecule has 122 valence electrons. The van der Waals surface area contributed by atoms with E-state index in [1.807, 2.05) is 24.3 Å². The maximum Gasteiger partial charge on any atom is 0.270 e. The number of rotatable bonds is 3. The molecule has 1 aliphatic heterocycles. The normalized spacial score (nSPS) is 16.7. The SMILES string of the molecule is CCc1ccc(N2C(=O)/C(=C/c3ccc(C)o3)C(=O)NC2=S)cc1. The van der Waals surface area contributed by atoms with Gasteiger partial charge in [0.25, 0.3) is 11.8 Å². The predicted molar refractivity (Wildman–Crippen MR) is 95.5 cm³/mol. The third kappa shape index (κ3) is 3.00. The quantitative estimate of drug-likeness (QED) is 0.530. The topological polar surface area (TPSA) is 62.6 Å². The molecule has 1 fully saturated rings. The minimum Gasteiger partial charge on any atom is -0.462 e. The van der Waals surface area contributed by atoms with E-state index in [1.54, 1.807) is 19.1 Å². The lowest BCUT2D eigenvalue weighted by atomic mass is 10.1. The van der Waals surface area contributed by atoms with Crippen LogP contribution in [-0.4, -0.2) is 16.9 Å². The highest BCUT2D eigenvalue weighted by Gasteiger charge is 2.34. The van der Waals surface area contributed by atoms with Gasteiger partial charge in [-0.3, -0.25) is 19.8 Å². The number of nitrogens with one attached hydrogen (secondary N) is 1. The van der Waals surface area contributed by atoms with Gasteiger partial charge in [-0.05, 0) is 61.5 Å². The number of furan rings is 1. The monoisotopic (exact) mass is 340 g/mol. The van der Waals surface area contributed by atoms with Gasteiger partial charge in [0, 0.05) is 0 Å². The van der Waals surface area contributed by atoms with Gasteiger partial charge in [0.15, 0.2) is 5.11 Å². The second-order valence-corrected chi connectivity index (χ2v) is 5.81. The van der Waals surface area contributed by atoms with Gasteiger partial charge < -0.3 is 4.42 Å². The smallest absolute Gasteiger partial charge is 0.270 e. The van der Waals surface area contributed by atoms with Crippen molar-refractivity contribution >= 4 is 40.9 Å². The molecule has 0 aliphatic carbocycles. The van der Waals surface area contributed by atoms with E-state index in [0.717, 1.165) is 12.0 Å². The van der Waals surface area contributed by atoms with Crippen LogP contribution in [0.25, 0.3) is 6.08 Å². The zero-order valence-electron chi connectivity index (χ0n) is 13.3. The molecule has 1 saturated heterocycles. The highest BCUT2D eigenvalue weighted by molar-refractivity contribution is 7.80. The van der Waals surface area contributed by atoms with Gasteiger partial charge in [0.05, 0.1) is 5.69 Å². The summed E-state index contributed by atoms with van der Waals surface area (Å²) in [6.45, 7) is 3.85. The van der Waals surface area contributed by atoms with Gasteiger partial charge in [-0.1, -0.05) is 19.1 Å². The number of carbonyl (C=O) groups excluding carboxylic acids is 2. The Morgan fingerprint density at radius 3 is 2.46 bits per heavy atom. The number of hydrogen-bond donors (Lipinski definition) is 1. The van der Waals surface area contributed by atoms with Crippen LogP contribution in [0.2, 0.25) is 0 Å². The number of aryl methyl sites for hydroxylation is 2. The second kappa shape index (κ2) is 6.41. The summed E-state index contributed by atoms with van der Waals surface area (Å²) >= 11 is 5.17. The molecule has 1 aromatic carbocycles. The van der Waals surface area contributed by atoms with Gasteiger partial charge in [0.1, 0.15) is 17.1 Å². The third-order valence-corrected chi connectivity index (χ3v) is 4.04. The number of amides is 2. The predicted octanol–water partition coefficient (Wildman–Crippen LogP) is 2.98. The fraction of sp³-hybridized carbons (Fsp3) is 0.167. The first-order valence-corrected chi connectivity index (χ1v) is 7.97. The summed E-state index contributed by atoms with van der Waals surface area (Å²) in [7, 11) is 0. The third-order valence-electron chi connectivity index (χ3n) is 3.75. The number of hydrogen-bond acceptors (Lipinski definition) is 4. The van der Waals surface area contributed by atoms with Gasteiger partial charge >= 0.3 is 0 Å². The van der Waals surface area contributed by atoms with Crippen LogP contribution in [-0.2, 0) is 16.0 Å². The van der Waals surface area contributed by atoms with Crippen LogP contribution in [0.5, 0.6) is 0 Å². The first kappa shape index (κ1) is 16.1. The van der Waals surface area contributed by atoms with Crippen LogP contribution >= 0.6 is 12.2 Å². The molecule has 0 atom stereocenters. The van der Waals surface area contributed by atoms with E-state index in [2.05, 4.69) is 12.2 Å². The maximum atomic E-state index is 12.8. The molecule has 5 nitrogen and oxygen atoms in total. The summed E-state index contributed by atoms with van der Waals surface area (Å²) < 4.78 is 5.42. The largest absolute Gasteiger partial charge is 0.462 e. The fourth-order valence-corrected chi connectivity index (χ4v) is 2.73. The molecule has 1 N–H and O–H groups in total. The Bertz CT molecular complexity index is 849. The lowest BCUT2D eigenvalue weighted by Crippen LogP contribution is -2.54. The van der Waals surface area contributed by atoms with E-state index in [9.17, 15) is 9.59 Å².